The number of anilines is 15. The Bertz CT molecular complexity index is 8670. The average molecular weight is 1990 g/mol. The summed E-state index contributed by atoms with van der Waals surface area (Å²) in [5.41, 5.74) is 18.4. The summed E-state index contributed by atoms with van der Waals surface area (Å²) in [7, 11) is 1.65. The predicted molar refractivity (Wildman–Crippen MR) is 608 cm³/mol. The number of para-hydroxylation sites is 11. The Kier molecular flexibility index (Phi) is 32.0. The van der Waals surface area contributed by atoms with Gasteiger partial charge in [-0.15, -0.1) is 0 Å². The van der Waals surface area contributed by atoms with Crippen molar-refractivity contribution in [2.75, 3.05) is 101 Å². The maximum atomic E-state index is 13.4. The molecule has 9 N–H and O–H groups in total. The molecular formula is C122H111N19O9. The number of nitrogens with zero attached hydrogens (tertiary/aromatic N) is 11. The second kappa shape index (κ2) is 47.6. The third-order valence-corrected chi connectivity index (χ3v) is 24.7. The Morgan fingerprint density at radius 2 is 0.553 bits per heavy atom. The van der Waals surface area contributed by atoms with E-state index in [1.54, 1.807) is 31.4 Å². The van der Waals surface area contributed by atoms with Crippen LogP contribution in [0, 0.1) is 34.6 Å². The van der Waals surface area contributed by atoms with Gasteiger partial charge in [-0.05, 0) is 205 Å². The van der Waals surface area contributed by atoms with Crippen molar-refractivity contribution in [3.05, 3.63) is 480 Å². The predicted octanol–water partition coefficient (Wildman–Crippen LogP) is 23.9. The minimum Gasteiger partial charge on any atom is -0.480 e. The quantitative estimate of drug-likeness (QED) is 0.0227. The van der Waals surface area contributed by atoms with Crippen molar-refractivity contribution in [1.82, 2.24) is 47.8 Å². The number of methoxy groups -OCH3 is 1. The first-order valence-corrected chi connectivity index (χ1v) is 49.3. The summed E-state index contributed by atoms with van der Waals surface area (Å²) in [5.74, 6) is 4.51. The number of aliphatic carboxylic acids is 1. The van der Waals surface area contributed by atoms with Crippen molar-refractivity contribution >= 4 is 147 Å². The summed E-state index contributed by atoms with van der Waals surface area (Å²) >= 11 is 0. The van der Waals surface area contributed by atoms with Gasteiger partial charge in [0.1, 0.15) is 58.9 Å². The Balaban J connectivity index is 0.000000122. The zero-order valence-electron chi connectivity index (χ0n) is 83.8. The molecule has 748 valence electrons. The molecule has 1 fully saturated rings. The average Bonchev–Trinajstić information content (AvgIpc) is 0.770. The number of carbonyl (C=O) groups is 1. The van der Waals surface area contributed by atoms with Gasteiger partial charge in [-0.1, -0.05) is 207 Å². The summed E-state index contributed by atoms with van der Waals surface area (Å²) in [6.07, 6.45) is 0.716. The number of carboxylic acids is 1. The number of nitrogens with one attached hydrogen (secondary N) is 8. The highest BCUT2D eigenvalue weighted by Crippen LogP contribution is 2.37. The number of benzene rings is 11. The van der Waals surface area contributed by atoms with Crippen LogP contribution in [-0.4, -0.2) is 112 Å². The Hall–Kier alpha value is -19.2. The number of ether oxygens (including phenoxy) is 2. The molecule has 1 aliphatic heterocycles. The van der Waals surface area contributed by atoms with E-state index in [0.717, 1.165) is 138 Å². The lowest BCUT2D eigenvalue weighted by molar-refractivity contribution is -0.134. The molecular weight excluding hydrogens is 1880 g/mol. The maximum Gasteiger partial charge on any atom is 0.322 e. The SMILES string of the molecule is CCc1nc(C)cc2c1c(=O)cc(Nc1ccccc1)n2-c1ccccc1.COCCNc1nc(C)cc2c1c(=O)cc(Nc1ccccc1)n2-c1ccccc1.Cc1cc2c(c(N3CCOCC3)n1)c(=O)cc(Nc1ccccc1)n2-c1ccccc1.Cc1cc2c(c(NCC(=O)O)n1)c(=O)cc(Nc1ccccc1)n2-c1ccccc1.Cc1cc2c(c(Nc3ccccc3)n1)c(=O)cc(Nc1ccccc1)n2-c1ccccc1. The van der Waals surface area contributed by atoms with Gasteiger partial charge in [0.05, 0.1) is 80.0 Å². The summed E-state index contributed by atoms with van der Waals surface area (Å²) in [6.45, 7) is 15.1. The zero-order chi connectivity index (χ0) is 104. The summed E-state index contributed by atoms with van der Waals surface area (Å²) in [4.78, 5) is 102. The first-order chi connectivity index (χ1) is 73.3. The minimum atomic E-state index is -1.03. The van der Waals surface area contributed by atoms with Crippen molar-refractivity contribution in [3.63, 3.8) is 0 Å². The highest BCUT2D eigenvalue weighted by Gasteiger charge is 2.26. The van der Waals surface area contributed by atoms with Crippen LogP contribution in [0.4, 0.5) is 86.5 Å². The number of hydrogen-bond acceptors (Lipinski definition) is 22. The van der Waals surface area contributed by atoms with Gasteiger partial charge < -0.3 is 62.0 Å². The molecule has 21 aromatic rings. The van der Waals surface area contributed by atoms with Gasteiger partial charge in [0.25, 0.3) is 0 Å². The second-order valence-electron chi connectivity index (χ2n) is 35.5. The van der Waals surface area contributed by atoms with Crippen LogP contribution in [0.1, 0.15) is 41.1 Å². The normalized spacial score (nSPS) is 11.5. The van der Waals surface area contributed by atoms with Crippen molar-refractivity contribution in [2.45, 2.75) is 48.0 Å². The first-order valence-electron chi connectivity index (χ1n) is 49.3. The third kappa shape index (κ3) is 23.9. The number of pyridine rings is 10. The smallest absolute Gasteiger partial charge is 0.322 e. The van der Waals surface area contributed by atoms with Gasteiger partial charge in [0, 0.05) is 148 Å². The van der Waals surface area contributed by atoms with E-state index in [1.165, 1.54) is 6.07 Å². The van der Waals surface area contributed by atoms with Crippen LogP contribution in [-0.2, 0) is 20.7 Å². The van der Waals surface area contributed by atoms with E-state index in [4.69, 9.17) is 19.6 Å². The van der Waals surface area contributed by atoms with Gasteiger partial charge in [-0.3, -0.25) is 56.6 Å². The molecule has 0 bridgehead atoms. The van der Waals surface area contributed by atoms with E-state index in [0.29, 0.717) is 106 Å². The lowest BCUT2D eigenvalue weighted by Crippen LogP contribution is -2.37. The van der Waals surface area contributed by atoms with Crippen LogP contribution >= 0.6 is 0 Å². The van der Waals surface area contributed by atoms with E-state index in [-0.39, 0.29) is 39.5 Å². The second-order valence-corrected chi connectivity index (χ2v) is 35.5. The number of carboxylic acid groups (broad SMARTS) is 1. The third-order valence-electron chi connectivity index (χ3n) is 24.7. The molecule has 1 aliphatic rings. The Morgan fingerprint density at radius 1 is 0.307 bits per heavy atom. The van der Waals surface area contributed by atoms with Gasteiger partial charge in [0.2, 0.25) is 0 Å². The summed E-state index contributed by atoms with van der Waals surface area (Å²) < 4.78 is 20.9. The lowest BCUT2D eigenvalue weighted by Gasteiger charge is -2.29. The van der Waals surface area contributed by atoms with E-state index >= 15 is 0 Å². The molecule has 0 radical (unpaired) electrons. The number of hydrogen-bond donors (Lipinski definition) is 9. The van der Waals surface area contributed by atoms with Crippen LogP contribution in [0.5, 0.6) is 0 Å². The van der Waals surface area contributed by atoms with Gasteiger partial charge in [0.15, 0.2) is 27.1 Å². The number of fused-ring (bicyclic) bond motifs is 5. The molecule has 22 rings (SSSR count). The van der Waals surface area contributed by atoms with Gasteiger partial charge in [-0.25, -0.2) is 19.9 Å². The molecule has 150 heavy (non-hydrogen) atoms. The van der Waals surface area contributed by atoms with Crippen molar-refractivity contribution < 1.29 is 19.4 Å². The molecule has 0 spiro atoms. The number of aryl methyl sites for hydroxylation is 6. The molecule has 10 aromatic heterocycles. The maximum absolute atomic E-state index is 13.4. The molecule has 0 atom stereocenters. The standard InChI is InChI=1S/C27H22N4O.C25H24N4O2.C24H24N4O2.C23H20N4O3.C23H21N3O/c1-19-17-23-26(27(28-19)30-21-13-7-3-8-14-21)24(32)18-25(29-20-11-5-2-6-12-20)31(23)22-15-9-4-10-16-22;1-18-16-21-24(25(26-18)28-12-14-31-15-13-28)22(30)17-23(27-19-8-4-2-5-9-19)29(21)20-10-6-3-7-11-20;1-17-15-20-23(24(26-17)25-13-14-30-2)21(29)16-22(27-18-9-5-3-6-10-18)28(20)19-11-7-4-8-12-19;1-15-12-18-22(23(25-15)24-14-21(29)30)19(28)13-20(26-16-8-4-2-5-9-16)27(18)17-10-6-3-7-11-17;1-3-19-23-20(14-16(2)24-19)26(18-12-8-5-9-13-18)22(15-21(23)27)25-17-10-6-4-7-11-17/h2-18,29H,1H3,(H,28,30);2-11,16-17,27H,12-15H2,1H3;3-12,15-16,27H,13-14H2,1-2H3,(H,25,26);2-13,26H,14H2,1H3,(H,24,25)(H,29,30);4-15,25H,3H2,1-2H3. The largest absolute Gasteiger partial charge is 0.480 e. The van der Waals surface area contributed by atoms with Crippen LogP contribution in [0.3, 0.4) is 0 Å². The fourth-order valence-corrected chi connectivity index (χ4v) is 18.2. The van der Waals surface area contributed by atoms with Gasteiger partial charge in [-0.2, -0.15) is 0 Å². The Labute approximate surface area is 865 Å². The fraction of sp³-hybridized carbons (Fsp3) is 0.123. The van der Waals surface area contributed by atoms with E-state index in [9.17, 15) is 28.8 Å². The van der Waals surface area contributed by atoms with E-state index in [1.807, 2.05) is 410 Å². The molecule has 1 saturated heterocycles. The van der Waals surface area contributed by atoms with Crippen molar-refractivity contribution in [1.29, 1.82) is 0 Å². The zero-order valence-corrected chi connectivity index (χ0v) is 83.8. The van der Waals surface area contributed by atoms with E-state index < -0.39 is 5.97 Å². The van der Waals surface area contributed by atoms with Crippen LogP contribution in [0.15, 0.2) is 418 Å². The van der Waals surface area contributed by atoms with Crippen molar-refractivity contribution in [2.24, 2.45) is 0 Å². The van der Waals surface area contributed by atoms with Crippen LogP contribution < -0.4 is 74.6 Å². The monoisotopic (exact) mass is 1990 g/mol. The Morgan fingerprint density at radius 3 is 0.853 bits per heavy atom. The molecule has 0 saturated carbocycles. The van der Waals surface area contributed by atoms with Gasteiger partial charge >= 0.3 is 5.97 Å². The molecule has 11 aromatic carbocycles. The minimum absolute atomic E-state index is 0.0139. The molecule has 28 heteroatoms. The first kappa shape index (κ1) is 101. The molecule has 11 heterocycles. The van der Waals surface area contributed by atoms with Crippen LogP contribution in [0.25, 0.3) is 83.0 Å². The topological polar surface area (TPSA) is 330 Å². The fourth-order valence-electron chi connectivity index (χ4n) is 18.2. The number of aromatic nitrogens is 10. The molecule has 0 aliphatic carbocycles. The number of morpholine rings is 1. The lowest BCUT2D eigenvalue weighted by atomic mass is 10.1. The highest BCUT2D eigenvalue weighted by atomic mass is 16.5. The van der Waals surface area contributed by atoms with Crippen molar-refractivity contribution in [3.8, 4) is 28.4 Å². The molecule has 0 amide bonds. The van der Waals surface area contributed by atoms with Crippen LogP contribution in [0.2, 0.25) is 0 Å². The summed E-state index contributed by atoms with van der Waals surface area (Å²) in [6, 6.07) is 126. The highest BCUT2D eigenvalue weighted by molar-refractivity contribution is 5.98. The molecule has 0 unspecified atom stereocenters. The van der Waals surface area contributed by atoms with E-state index in [2.05, 4.69) is 85.6 Å². The summed E-state index contributed by atoms with van der Waals surface area (Å²) in [5, 5.41) is 38.1. The number of rotatable bonds is 26. The molecule has 28 nitrogen and oxygen atoms in total.